The summed E-state index contributed by atoms with van der Waals surface area (Å²) in [7, 11) is 0. The Hall–Kier alpha value is -1.44. The highest BCUT2D eigenvalue weighted by atomic mass is 19.1. The molecule has 0 radical (unpaired) electrons. The van der Waals surface area contributed by atoms with Gasteiger partial charge in [-0.05, 0) is 78.9 Å². The minimum absolute atomic E-state index is 0.193. The highest BCUT2D eigenvalue weighted by Crippen LogP contribution is 2.49. The van der Waals surface area contributed by atoms with Gasteiger partial charge in [0.05, 0.1) is 0 Å². The van der Waals surface area contributed by atoms with Gasteiger partial charge in [-0.15, -0.1) is 0 Å². The molecule has 0 aliphatic heterocycles. The van der Waals surface area contributed by atoms with E-state index in [1.165, 1.54) is 57.1 Å². The Bertz CT molecular complexity index is 766. The molecule has 2 aromatic carbocycles. The van der Waals surface area contributed by atoms with Crippen molar-refractivity contribution in [3.05, 3.63) is 47.5 Å². The highest BCUT2D eigenvalue weighted by molar-refractivity contribution is 5.84. The zero-order chi connectivity index (χ0) is 18.1. The predicted molar refractivity (Wildman–Crippen MR) is 104 cm³/mol. The number of hydrogen-bond donors (Lipinski definition) is 0. The molecular weight excluding hydrogens is 326 g/mol. The second-order valence-electron chi connectivity index (χ2n) is 8.69. The molecule has 0 bridgehead atoms. The molecular formula is C24H30F2. The van der Waals surface area contributed by atoms with Gasteiger partial charge in [-0.2, -0.15) is 0 Å². The number of hydrogen-bond acceptors (Lipinski definition) is 0. The quantitative estimate of drug-likeness (QED) is 0.529. The summed E-state index contributed by atoms with van der Waals surface area (Å²) in [6.45, 7) is 2.28. The van der Waals surface area contributed by atoms with E-state index >= 15 is 4.39 Å². The van der Waals surface area contributed by atoms with Gasteiger partial charge in [0, 0.05) is 5.39 Å². The van der Waals surface area contributed by atoms with Crippen molar-refractivity contribution in [1.29, 1.82) is 0 Å². The van der Waals surface area contributed by atoms with E-state index < -0.39 is 0 Å². The first-order chi connectivity index (χ1) is 12.7. The van der Waals surface area contributed by atoms with Crippen LogP contribution < -0.4 is 0 Å². The standard InChI is InChI=1S/C24H30F2/c1-2-3-4-16-5-6-19-14-20(8-7-18(19)13-16)22-12-10-17-9-11-21(25)15-23(17)24(22)26/h9-12,15-16,18-20H,2-8,13-14H2,1H3. The van der Waals surface area contributed by atoms with Gasteiger partial charge in [-0.25, -0.2) is 8.78 Å². The molecule has 0 aromatic heterocycles. The van der Waals surface area contributed by atoms with Crippen molar-refractivity contribution in [3.8, 4) is 0 Å². The lowest BCUT2D eigenvalue weighted by atomic mass is 9.63. The summed E-state index contributed by atoms with van der Waals surface area (Å²) in [4.78, 5) is 0. The molecule has 2 saturated carbocycles. The maximum absolute atomic E-state index is 15.1. The minimum Gasteiger partial charge on any atom is -0.207 e. The Balaban J connectivity index is 1.49. The maximum atomic E-state index is 15.1. The molecule has 2 heteroatoms. The third-order valence-corrected chi connectivity index (χ3v) is 7.08. The van der Waals surface area contributed by atoms with Gasteiger partial charge in [0.15, 0.2) is 0 Å². The zero-order valence-corrected chi connectivity index (χ0v) is 15.8. The number of fused-ring (bicyclic) bond motifs is 2. The topological polar surface area (TPSA) is 0 Å². The maximum Gasteiger partial charge on any atom is 0.134 e. The molecule has 2 aliphatic rings. The van der Waals surface area contributed by atoms with Crippen molar-refractivity contribution in [2.45, 2.75) is 70.6 Å². The molecule has 140 valence electrons. The van der Waals surface area contributed by atoms with Crippen molar-refractivity contribution >= 4 is 10.8 Å². The Kier molecular flexibility index (Phi) is 5.29. The lowest BCUT2D eigenvalue weighted by Crippen LogP contribution is -2.30. The van der Waals surface area contributed by atoms with Gasteiger partial charge in [0.25, 0.3) is 0 Å². The van der Waals surface area contributed by atoms with Gasteiger partial charge in [-0.3, -0.25) is 0 Å². The summed E-state index contributed by atoms with van der Waals surface area (Å²) < 4.78 is 28.7. The van der Waals surface area contributed by atoms with Gasteiger partial charge < -0.3 is 0 Å². The van der Waals surface area contributed by atoms with E-state index in [1.807, 2.05) is 12.1 Å². The van der Waals surface area contributed by atoms with Crippen molar-refractivity contribution in [2.75, 3.05) is 0 Å². The monoisotopic (exact) mass is 356 g/mol. The van der Waals surface area contributed by atoms with Crippen molar-refractivity contribution in [1.82, 2.24) is 0 Å². The first-order valence-corrected chi connectivity index (χ1v) is 10.5. The van der Waals surface area contributed by atoms with E-state index in [-0.39, 0.29) is 11.6 Å². The molecule has 2 fully saturated rings. The lowest BCUT2D eigenvalue weighted by Gasteiger charge is -2.42. The highest BCUT2D eigenvalue weighted by Gasteiger charge is 2.36. The fraction of sp³-hybridized carbons (Fsp3) is 0.583. The van der Waals surface area contributed by atoms with Crippen LogP contribution in [0.25, 0.3) is 10.8 Å². The number of halogens is 2. The summed E-state index contributed by atoms with van der Waals surface area (Å²) in [5, 5.41) is 1.23. The van der Waals surface area contributed by atoms with E-state index in [4.69, 9.17) is 0 Å². The fourth-order valence-electron chi connectivity index (χ4n) is 5.61. The first-order valence-electron chi connectivity index (χ1n) is 10.5. The van der Waals surface area contributed by atoms with E-state index in [0.717, 1.165) is 41.5 Å². The molecule has 0 amide bonds. The summed E-state index contributed by atoms with van der Waals surface area (Å²) in [5.74, 6) is 2.28. The van der Waals surface area contributed by atoms with Crippen LogP contribution >= 0.6 is 0 Å². The van der Waals surface area contributed by atoms with Crippen LogP contribution in [0.15, 0.2) is 30.3 Å². The summed E-state index contributed by atoms with van der Waals surface area (Å²) >= 11 is 0. The average molecular weight is 357 g/mol. The average Bonchev–Trinajstić information content (AvgIpc) is 2.66. The van der Waals surface area contributed by atoms with E-state index in [0.29, 0.717) is 11.3 Å². The van der Waals surface area contributed by atoms with Crippen LogP contribution in [0.5, 0.6) is 0 Å². The molecule has 4 atom stereocenters. The third-order valence-electron chi connectivity index (χ3n) is 7.08. The molecule has 4 rings (SSSR count). The van der Waals surface area contributed by atoms with Crippen LogP contribution in [0.1, 0.15) is 76.2 Å². The molecule has 2 aromatic rings. The number of rotatable bonds is 4. The molecule has 0 N–H and O–H groups in total. The predicted octanol–water partition coefficient (Wildman–Crippen LogP) is 7.61. The molecule has 4 unspecified atom stereocenters. The van der Waals surface area contributed by atoms with Gasteiger partial charge in [0.2, 0.25) is 0 Å². The largest absolute Gasteiger partial charge is 0.207 e. The third kappa shape index (κ3) is 3.52. The van der Waals surface area contributed by atoms with Gasteiger partial charge in [-0.1, -0.05) is 50.8 Å². The second-order valence-corrected chi connectivity index (χ2v) is 8.69. The number of benzene rings is 2. The molecule has 26 heavy (non-hydrogen) atoms. The Morgan fingerprint density at radius 1 is 0.923 bits per heavy atom. The van der Waals surface area contributed by atoms with Crippen LogP contribution in [-0.2, 0) is 0 Å². The van der Waals surface area contributed by atoms with Crippen molar-refractivity contribution in [3.63, 3.8) is 0 Å². The smallest absolute Gasteiger partial charge is 0.134 e. The Labute approximate surface area is 156 Å². The van der Waals surface area contributed by atoms with E-state index in [9.17, 15) is 4.39 Å². The van der Waals surface area contributed by atoms with Crippen molar-refractivity contribution in [2.24, 2.45) is 17.8 Å². The molecule has 0 saturated heterocycles. The van der Waals surface area contributed by atoms with Gasteiger partial charge >= 0.3 is 0 Å². The van der Waals surface area contributed by atoms with Crippen LogP contribution in [0.2, 0.25) is 0 Å². The van der Waals surface area contributed by atoms with E-state index in [1.54, 1.807) is 6.07 Å². The summed E-state index contributed by atoms with van der Waals surface area (Å²) in [6, 6.07) is 8.34. The van der Waals surface area contributed by atoms with Gasteiger partial charge in [0.1, 0.15) is 11.6 Å². The molecule has 0 heterocycles. The molecule has 0 nitrogen and oxygen atoms in total. The minimum atomic E-state index is -0.359. The van der Waals surface area contributed by atoms with E-state index in [2.05, 4.69) is 6.92 Å². The summed E-state index contributed by atoms with van der Waals surface area (Å²) in [5.41, 5.74) is 0.814. The SMILES string of the molecule is CCCCC1CCC2CC(c3ccc4ccc(F)cc4c3F)CCC2C1. The van der Waals surface area contributed by atoms with Crippen LogP contribution in [0, 0.1) is 29.4 Å². The normalized spacial score (nSPS) is 28.9. The van der Waals surface area contributed by atoms with Crippen LogP contribution in [0.3, 0.4) is 0 Å². The van der Waals surface area contributed by atoms with Crippen molar-refractivity contribution < 1.29 is 8.78 Å². The van der Waals surface area contributed by atoms with Crippen LogP contribution in [0.4, 0.5) is 8.78 Å². The number of unbranched alkanes of at least 4 members (excludes halogenated alkanes) is 1. The second kappa shape index (κ2) is 7.66. The zero-order valence-electron chi connectivity index (χ0n) is 15.8. The lowest BCUT2D eigenvalue weighted by molar-refractivity contribution is 0.113. The Morgan fingerprint density at radius 3 is 2.54 bits per heavy atom. The molecule has 0 spiro atoms. The molecule has 2 aliphatic carbocycles. The first kappa shape index (κ1) is 17.9. The fourth-order valence-corrected chi connectivity index (χ4v) is 5.61. The Morgan fingerprint density at radius 2 is 1.69 bits per heavy atom. The summed E-state index contributed by atoms with van der Waals surface area (Å²) in [6.07, 6.45) is 11.6. The van der Waals surface area contributed by atoms with Crippen LogP contribution in [-0.4, -0.2) is 0 Å².